The number of nitrogens with zero attached hydrogens (tertiary/aromatic N) is 2. The second-order valence-corrected chi connectivity index (χ2v) is 7.64. The molecule has 0 aliphatic carbocycles. The van der Waals surface area contributed by atoms with Crippen molar-refractivity contribution >= 4 is 33.3 Å². The molecule has 0 aliphatic heterocycles. The third-order valence-electron chi connectivity index (χ3n) is 4.12. The van der Waals surface area contributed by atoms with Gasteiger partial charge in [-0.15, -0.1) is 0 Å². The molecule has 27 heavy (non-hydrogen) atoms. The van der Waals surface area contributed by atoms with Crippen molar-refractivity contribution in [2.45, 2.75) is 40.2 Å². The second-order valence-electron chi connectivity index (χ2n) is 6.79. The van der Waals surface area contributed by atoms with Crippen LogP contribution in [0.5, 0.6) is 0 Å². The van der Waals surface area contributed by atoms with Gasteiger partial charge in [-0.1, -0.05) is 39.3 Å². The zero-order valence-electron chi connectivity index (χ0n) is 15.8. The van der Waals surface area contributed by atoms with Crippen molar-refractivity contribution in [3.63, 3.8) is 0 Å². The molecule has 0 atom stereocenters. The lowest BCUT2D eigenvalue weighted by atomic mass is 10.1. The number of nitrogens with one attached hydrogen (secondary N) is 1. The van der Waals surface area contributed by atoms with Crippen molar-refractivity contribution in [2.24, 2.45) is 5.92 Å². The highest BCUT2D eigenvalue weighted by molar-refractivity contribution is 9.10. The smallest absolute Gasteiger partial charge is 0.330 e. The SMILES string of the molecule is CCCCN(C(=O)c1ccccc1Br)c1c(N)n(CC(C)C)c(=O)[nH]c1=O. The average Bonchev–Trinajstić information content (AvgIpc) is 2.61. The van der Waals surface area contributed by atoms with Crippen LogP contribution in [0.3, 0.4) is 0 Å². The first-order valence-electron chi connectivity index (χ1n) is 8.96. The van der Waals surface area contributed by atoms with Crippen molar-refractivity contribution in [2.75, 3.05) is 17.2 Å². The summed E-state index contributed by atoms with van der Waals surface area (Å²) in [4.78, 5) is 41.6. The Bertz CT molecular complexity index is 933. The number of unbranched alkanes of at least 4 members (excludes halogenated alkanes) is 1. The van der Waals surface area contributed by atoms with Crippen molar-refractivity contribution in [1.29, 1.82) is 0 Å². The number of carbonyl (C=O) groups excluding carboxylic acids is 1. The molecule has 3 N–H and O–H groups in total. The number of hydrogen-bond acceptors (Lipinski definition) is 4. The van der Waals surface area contributed by atoms with Gasteiger partial charge in [0.25, 0.3) is 11.5 Å². The molecule has 1 aromatic heterocycles. The number of nitrogen functional groups attached to an aromatic ring is 1. The third kappa shape index (κ3) is 4.68. The Morgan fingerprint density at radius 1 is 1.30 bits per heavy atom. The summed E-state index contributed by atoms with van der Waals surface area (Å²) >= 11 is 3.38. The summed E-state index contributed by atoms with van der Waals surface area (Å²) in [5.41, 5.74) is 5.41. The molecular formula is C19H25BrN4O3. The number of amides is 1. The van der Waals surface area contributed by atoms with E-state index in [-0.39, 0.29) is 23.3 Å². The first-order valence-corrected chi connectivity index (χ1v) is 9.76. The Balaban J connectivity index is 2.63. The zero-order chi connectivity index (χ0) is 20.1. The van der Waals surface area contributed by atoms with Crippen molar-refractivity contribution in [3.05, 3.63) is 55.1 Å². The number of carbonyl (C=O) groups is 1. The fourth-order valence-electron chi connectivity index (χ4n) is 2.80. The minimum Gasteiger partial charge on any atom is -0.383 e. The third-order valence-corrected chi connectivity index (χ3v) is 4.81. The summed E-state index contributed by atoms with van der Waals surface area (Å²) < 4.78 is 1.94. The maximum Gasteiger partial charge on any atom is 0.330 e. The van der Waals surface area contributed by atoms with Crippen molar-refractivity contribution in [3.8, 4) is 0 Å². The molecule has 0 saturated carbocycles. The van der Waals surface area contributed by atoms with Crippen LogP contribution >= 0.6 is 15.9 Å². The molecule has 1 amide bonds. The van der Waals surface area contributed by atoms with Gasteiger partial charge in [0.15, 0.2) is 5.69 Å². The van der Waals surface area contributed by atoms with Gasteiger partial charge in [-0.25, -0.2) is 4.79 Å². The van der Waals surface area contributed by atoms with Gasteiger partial charge in [0.1, 0.15) is 5.82 Å². The van der Waals surface area contributed by atoms with E-state index in [1.807, 2.05) is 20.8 Å². The standard InChI is InChI=1S/C19H25BrN4O3/c1-4-5-10-23(18(26)13-8-6-7-9-14(13)20)15-16(21)24(11-12(2)3)19(27)22-17(15)25/h6-9,12H,4-5,10-11,21H2,1-3H3,(H,22,25,27). The summed E-state index contributed by atoms with van der Waals surface area (Å²) in [6.07, 6.45) is 1.53. The molecule has 1 heterocycles. The van der Waals surface area contributed by atoms with Crippen LogP contribution in [0.15, 0.2) is 38.3 Å². The molecule has 2 aromatic rings. The molecule has 0 radical (unpaired) electrons. The van der Waals surface area contributed by atoms with Gasteiger partial charge < -0.3 is 10.6 Å². The molecule has 0 aliphatic rings. The Labute approximate surface area is 166 Å². The molecule has 0 spiro atoms. The minimum atomic E-state index is -0.658. The largest absolute Gasteiger partial charge is 0.383 e. The normalized spacial score (nSPS) is 11.0. The van der Waals surface area contributed by atoms with Gasteiger partial charge in [-0.3, -0.25) is 19.1 Å². The summed E-state index contributed by atoms with van der Waals surface area (Å²) in [6.45, 7) is 6.55. The highest BCUT2D eigenvalue weighted by Crippen LogP contribution is 2.24. The van der Waals surface area contributed by atoms with E-state index >= 15 is 0 Å². The summed E-state index contributed by atoms with van der Waals surface area (Å²) in [5, 5.41) is 0. The maximum atomic E-state index is 13.2. The van der Waals surface area contributed by atoms with Gasteiger partial charge >= 0.3 is 5.69 Å². The molecule has 1 aromatic carbocycles. The fraction of sp³-hybridized carbons (Fsp3) is 0.421. The predicted molar refractivity (Wildman–Crippen MR) is 111 cm³/mol. The maximum absolute atomic E-state index is 13.2. The Morgan fingerprint density at radius 2 is 1.96 bits per heavy atom. The number of nitrogens with two attached hydrogens (primary N) is 1. The van der Waals surface area contributed by atoms with E-state index in [0.717, 1.165) is 6.42 Å². The fourth-order valence-corrected chi connectivity index (χ4v) is 3.25. The number of aromatic nitrogens is 2. The summed E-state index contributed by atoms with van der Waals surface area (Å²) in [7, 11) is 0. The minimum absolute atomic E-state index is 0.00829. The molecule has 7 nitrogen and oxygen atoms in total. The number of hydrogen-bond donors (Lipinski definition) is 2. The quantitative estimate of drug-likeness (QED) is 0.696. The molecule has 0 bridgehead atoms. The van der Waals surface area contributed by atoms with E-state index in [1.54, 1.807) is 24.3 Å². The van der Waals surface area contributed by atoms with E-state index in [9.17, 15) is 14.4 Å². The van der Waals surface area contributed by atoms with Crippen LogP contribution in [0, 0.1) is 5.92 Å². The first kappa shape index (κ1) is 21.0. The number of halogens is 1. The van der Waals surface area contributed by atoms with E-state index in [0.29, 0.717) is 29.5 Å². The molecular weight excluding hydrogens is 412 g/mol. The first-order chi connectivity index (χ1) is 12.8. The molecule has 0 unspecified atom stereocenters. The topological polar surface area (TPSA) is 101 Å². The molecule has 146 valence electrons. The van der Waals surface area contributed by atoms with Crippen LogP contribution in [-0.2, 0) is 6.54 Å². The molecule has 0 saturated heterocycles. The van der Waals surface area contributed by atoms with Crippen LogP contribution in [-0.4, -0.2) is 22.0 Å². The lowest BCUT2D eigenvalue weighted by Gasteiger charge is -2.25. The Kier molecular flexibility index (Phi) is 7.01. The number of H-pyrrole nitrogens is 1. The number of anilines is 2. The van der Waals surface area contributed by atoms with Crippen molar-refractivity contribution in [1.82, 2.24) is 9.55 Å². The van der Waals surface area contributed by atoms with Gasteiger partial charge in [0.2, 0.25) is 0 Å². The summed E-state index contributed by atoms with van der Waals surface area (Å²) in [5.74, 6) is -0.191. The van der Waals surface area contributed by atoms with Gasteiger partial charge in [-0.2, -0.15) is 0 Å². The average molecular weight is 437 g/mol. The van der Waals surface area contributed by atoms with Crippen LogP contribution in [0.2, 0.25) is 0 Å². The molecule has 0 fully saturated rings. The lowest BCUT2D eigenvalue weighted by Crippen LogP contribution is -2.42. The van der Waals surface area contributed by atoms with Gasteiger partial charge in [0.05, 0.1) is 5.56 Å². The van der Waals surface area contributed by atoms with Crippen molar-refractivity contribution < 1.29 is 4.79 Å². The van der Waals surface area contributed by atoms with E-state index in [1.165, 1.54) is 9.47 Å². The van der Waals surface area contributed by atoms with Gasteiger partial charge in [0, 0.05) is 17.6 Å². The monoisotopic (exact) mass is 436 g/mol. The van der Waals surface area contributed by atoms with Gasteiger partial charge in [-0.05, 0) is 40.4 Å². The Hall–Kier alpha value is -2.35. The van der Waals surface area contributed by atoms with Crippen LogP contribution in [0.1, 0.15) is 44.0 Å². The number of benzene rings is 1. The Morgan fingerprint density at radius 3 is 2.56 bits per heavy atom. The molecule has 8 heteroatoms. The van der Waals surface area contributed by atoms with E-state index in [4.69, 9.17) is 5.73 Å². The summed E-state index contributed by atoms with van der Waals surface area (Å²) in [6, 6.07) is 7.00. The zero-order valence-corrected chi connectivity index (χ0v) is 17.4. The van der Waals surface area contributed by atoms with Crippen LogP contribution < -0.4 is 21.9 Å². The van der Waals surface area contributed by atoms with Crippen LogP contribution in [0.4, 0.5) is 11.5 Å². The highest BCUT2D eigenvalue weighted by Gasteiger charge is 2.26. The van der Waals surface area contributed by atoms with E-state index in [2.05, 4.69) is 20.9 Å². The number of rotatable bonds is 7. The molecule has 2 rings (SSSR count). The second kappa shape index (κ2) is 9.03. The number of aromatic amines is 1. The lowest BCUT2D eigenvalue weighted by molar-refractivity contribution is 0.0985. The van der Waals surface area contributed by atoms with E-state index < -0.39 is 11.2 Å². The highest BCUT2D eigenvalue weighted by atomic mass is 79.9. The predicted octanol–water partition coefficient (Wildman–Crippen LogP) is 2.98. The van der Waals surface area contributed by atoms with Crippen LogP contribution in [0.25, 0.3) is 0 Å².